The normalized spacial score (nSPS) is 18.6. The summed E-state index contributed by atoms with van der Waals surface area (Å²) in [4.78, 5) is 29.2. The Balaban J connectivity index is 1.47. The molecule has 2 unspecified atom stereocenters. The van der Waals surface area contributed by atoms with Crippen molar-refractivity contribution in [1.82, 2.24) is 5.48 Å². The van der Waals surface area contributed by atoms with E-state index in [-0.39, 0.29) is 12.4 Å². The highest BCUT2D eigenvalue weighted by atomic mass is 16.7. The van der Waals surface area contributed by atoms with Crippen LogP contribution in [0, 0.1) is 0 Å². The molecular weight excluding hydrogens is 434 g/mol. The largest absolute Gasteiger partial charge is 0.482 e. The molecule has 0 saturated heterocycles. The van der Waals surface area contributed by atoms with E-state index in [0.29, 0.717) is 12.4 Å². The van der Waals surface area contributed by atoms with E-state index >= 15 is 0 Å². The highest BCUT2D eigenvalue weighted by Crippen LogP contribution is 2.32. The molecule has 1 aliphatic carbocycles. The van der Waals surface area contributed by atoms with Crippen LogP contribution in [0.5, 0.6) is 5.75 Å². The molecule has 7 heteroatoms. The minimum atomic E-state index is -1.00. The molecule has 0 radical (unpaired) electrons. The van der Waals surface area contributed by atoms with Crippen LogP contribution in [0.25, 0.3) is 6.08 Å². The van der Waals surface area contributed by atoms with E-state index in [9.17, 15) is 9.59 Å². The Kier molecular flexibility index (Phi) is 7.57. The van der Waals surface area contributed by atoms with Crippen molar-refractivity contribution in [2.24, 2.45) is 0 Å². The predicted molar refractivity (Wildman–Crippen MR) is 127 cm³/mol. The van der Waals surface area contributed by atoms with E-state index in [0.717, 1.165) is 40.8 Å². The second-order valence-electron chi connectivity index (χ2n) is 8.16. The van der Waals surface area contributed by atoms with Gasteiger partial charge in [0.2, 0.25) is 0 Å². The molecule has 2 aromatic carbocycles. The predicted octanol–water partition coefficient (Wildman–Crippen LogP) is 4.17. The SMILES string of the molecule is CC(=CC1=Cc2cccc(OCC(=O)O)c2CC1)NOC(c1ccccc1)C1OCC=CC1=O. The molecule has 1 heterocycles. The van der Waals surface area contributed by atoms with Crippen molar-refractivity contribution in [3.63, 3.8) is 0 Å². The third kappa shape index (κ3) is 5.81. The Morgan fingerprint density at radius 2 is 2.03 bits per heavy atom. The van der Waals surface area contributed by atoms with Crippen LogP contribution in [0.3, 0.4) is 0 Å². The number of carbonyl (C=O) groups excluding carboxylic acids is 1. The zero-order chi connectivity index (χ0) is 23.9. The van der Waals surface area contributed by atoms with Gasteiger partial charge in [-0.3, -0.25) is 15.1 Å². The summed E-state index contributed by atoms with van der Waals surface area (Å²) < 4.78 is 11.1. The van der Waals surface area contributed by atoms with Gasteiger partial charge in [0.05, 0.1) is 6.61 Å². The lowest BCUT2D eigenvalue weighted by Gasteiger charge is -2.27. The number of ketones is 1. The molecule has 0 fully saturated rings. The highest BCUT2D eigenvalue weighted by Gasteiger charge is 2.32. The van der Waals surface area contributed by atoms with Crippen LogP contribution in [0.1, 0.15) is 36.1 Å². The number of hydrogen-bond donors (Lipinski definition) is 2. The van der Waals surface area contributed by atoms with E-state index in [1.807, 2.05) is 55.5 Å². The van der Waals surface area contributed by atoms with Crippen molar-refractivity contribution >= 4 is 17.8 Å². The molecule has 2 aromatic rings. The standard InChI is InChI=1S/C27H27NO6/c1-18(15-19-12-13-22-21(16-19)9-5-11-24(22)33-17-25(30)31)28-34-26(20-7-3-2-4-8-20)27-23(29)10-6-14-32-27/h2-11,15-16,26-28H,12-14,17H2,1H3,(H,30,31). The quantitative estimate of drug-likeness (QED) is 0.541. The van der Waals surface area contributed by atoms with E-state index < -0.39 is 18.2 Å². The lowest BCUT2D eigenvalue weighted by atomic mass is 9.91. The summed E-state index contributed by atoms with van der Waals surface area (Å²) in [6.07, 6.45) is 7.49. The monoisotopic (exact) mass is 461 g/mol. The molecule has 0 aromatic heterocycles. The minimum absolute atomic E-state index is 0.129. The Hall–Kier alpha value is -3.68. The van der Waals surface area contributed by atoms with Crippen LogP contribution < -0.4 is 10.2 Å². The topological polar surface area (TPSA) is 94.1 Å². The Morgan fingerprint density at radius 1 is 1.21 bits per heavy atom. The average molecular weight is 462 g/mol. The zero-order valence-corrected chi connectivity index (χ0v) is 18.9. The number of nitrogens with one attached hydrogen (secondary N) is 1. The van der Waals surface area contributed by atoms with Gasteiger partial charge in [-0.1, -0.05) is 54.6 Å². The Bertz CT molecular complexity index is 1140. The number of hydrogen-bond acceptors (Lipinski definition) is 6. The zero-order valence-electron chi connectivity index (χ0n) is 18.9. The molecule has 7 nitrogen and oxygen atoms in total. The van der Waals surface area contributed by atoms with Gasteiger partial charge >= 0.3 is 5.97 Å². The van der Waals surface area contributed by atoms with Crippen LogP contribution in [-0.2, 0) is 25.6 Å². The van der Waals surface area contributed by atoms with Gasteiger partial charge in [-0.25, -0.2) is 4.79 Å². The van der Waals surface area contributed by atoms with Crippen molar-refractivity contribution < 1.29 is 29.0 Å². The number of ether oxygens (including phenoxy) is 2. The second kappa shape index (κ2) is 11.0. The van der Waals surface area contributed by atoms with Gasteiger partial charge in [-0.15, -0.1) is 0 Å². The van der Waals surface area contributed by atoms with Gasteiger partial charge in [0.15, 0.2) is 18.5 Å². The van der Waals surface area contributed by atoms with Crippen molar-refractivity contribution in [3.8, 4) is 5.75 Å². The molecule has 2 aliphatic rings. The molecule has 34 heavy (non-hydrogen) atoms. The van der Waals surface area contributed by atoms with Crippen molar-refractivity contribution in [1.29, 1.82) is 0 Å². The number of rotatable bonds is 9. The smallest absolute Gasteiger partial charge is 0.341 e. The number of carboxylic acid groups (broad SMARTS) is 1. The molecule has 0 amide bonds. The first-order chi connectivity index (χ1) is 16.5. The van der Waals surface area contributed by atoms with Gasteiger partial charge in [0.25, 0.3) is 0 Å². The van der Waals surface area contributed by atoms with E-state index in [1.54, 1.807) is 12.1 Å². The van der Waals surface area contributed by atoms with Crippen LogP contribution in [0.4, 0.5) is 0 Å². The first-order valence-corrected chi connectivity index (χ1v) is 11.1. The van der Waals surface area contributed by atoms with Crippen molar-refractivity contribution in [3.05, 3.63) is 94.7 Å². The number of carbonyl (C=O) groups is 2. The summed E-state index contributed by atoms with van der Waals surface area (Å²) in [5.74, 6) is -0.523. The number of hydroxylamine groups is 1. The molecule has 0 bridgehead atoms. The molecule has 0 saturated carbocycles. The van der Waals surface area contributed by atoms with Gasteiger partial charge in [0.1, 0.15) is 11.9 Å². The Labute approximate surface area is 198 Å². The van der Waals surface area contributed by atoms with Crippen LogP contribution in [0.2, 0.25) is 0 Å². The lowest BCUT2D eigenvalue weighted by molar-refractivity contribution is -0.145. The minimum Gasteiger partial charge on any atom is -0.482 e. The van der Waals surface area contributed by atoms with Crippen LogP contribution in [0.15, 0.2) is 78.0 Å². The molecule has 176 valence electrons. The van der Waals surface area contributed by atoms with Gasteiger partial charge in [-0.05, 0) is 54.7 Å². The summed E-state index contributed by atoms with van der Waals surface area (Å²) in [6, 6.07) is 15.2. The summed E-state index contributed by atoms with van der Waals surface area (Å²) in [5.41, 5.74) is 7.73. The fraction of sp³-hybridized carbons (Fsp3) is 0.259. The first-order valence-electron chi connectivity index (χ1n) is 11.1. The third-order valence-electron chi connectivity index (χ3n) is 5.61. The average Bonchev–Trinajstić information content (AvgIpc) is 2.84. The summed E-state index contributed by atoms with van der Waals surface area (Å²) in [5, 5.41) is 8.89. The summed E-state index contributed by atoms with van der Waals surface area (Å²) >= 11 is 0. The maximum atomic E-state index is 12.4. The van der Waals surface area contributed by atoms with Crippen LogP contribution >= 0.6 is 0 Å². The first kappa shape index (κ1) is 23.5. The van der Waals surface area contributed by atoms with E-state index in [2.05, 4.69) is 11.6 Å². The number of benzene rings is 2. The molecule has 2 atom stereocenters. The fourth-order valence-electron chi connectivity index (χ4n) is 4.06. The Morgan fingerprint density at radius 3 is 2.79 bits per heavy atom. The third-order valence-corrected chi connectivity index (χ3v) is 5.61. The fourth-order valence-corrected chi connectivity index (χ4v) is 4.06. The van der Waals surface area contributed by atoms with E-state index in [1.165, 1.54) is 6.08 Å². The molecular formula is C27H27NO6. The second-order valence-corrected chi connectivity index (χ2v) is 8.16. The molecule has 1 aliphatic heterocycles. The molecule has 2 N–H and O–H groups in total. The summed E-state index contributed by atoms with van der Waals surface area (Å²) in [6.45, 7) is 1.90. The van der Waals surface area contributed by atoms with Crippen molar-refractivity contribution in [2.75, 3.05) is 13.2 Å². The van der Waals surface area contributed by atoms with E-state index in [4.69, 9.17) is 19.4 Å². The summed E-state index contributed by atoms with van der Waals surface area (Å²) in [7, 11) is 0. The number of allylic oxidation sites excluding steroid dienone is 3. The molecule has 0 spiro atoms. The number of carboxylic acids is 1. The lowest BCUT2D eigenvalue weighted by Crippen LogP contribution is -2.36. The van der Waals surface area contributed by atoms with Gasteiger partial charge in [-0.2, -0.15) is 0 Å². The highest BCUT2D eigenvalue weighted by molar-refractivity contribution is 5.94. The number of fused-ring (bicyclic) bond motifs is 1. The molecule has 4 rings (SSSR count). The van der Waals surface area contributed by atoms with Gasteiger partial charge < -0.3 is 14.6 Å². The maximum Gasteiger partial charge on any atom is 0.341 e. The van der Waals surface area contributed by atoms with Gasteiger partial charge in [0, 0.05) is 11.3 Å². The maximum absolute atomic E-state index is 12.4. The van der Waals surface area contributed by atoms with Crippen LogP contribution in [-0.4, -0.2) is 36.2 Å². The van der Waals surface area contributed by atoms with Crippen molar-refractivity contribution in [2.45, 2.75) is 32.0 Å². The number of aliphatic carboxylic acids is 1.